The monoisotopic (exact) mass is 302 g/mol. The molecule has 0 aliphatic rings. The Kier molecular flexibility index (Phi) is 5.17. The molecule has 2 unspecified atom stereocenters. The third-order valence-corrected chi connectivity index (χ3v) is 2.54. The summed E-state index contributed by atoms with van der Waals surface area (Å²) in [5.74, 6) is -0.205. The van der Waals surface area contributed by atoms with E-state index in [0.717, 1.165) is 0 Å². The van der Waals surface area contributed by atoms with Crippen molar-refractivity contribution in [2.24, 2.45) is 5.11 Å². The first kappa shape index (κ1) is 13.7. The van der Waals surface area contributed by atoms with Crippen molar-refractivity contribution in [1.82, 2.24) is 4.98 Å². The second-order valence-corrected chi connectivity index (χ2v) is 4.11. The van der Waals surface area contributed by atoms with Crippen LogP contribution in [-0.2, 0) is 0 Å². The van der Waals surface area contributed by atoms with Crippen LogP contribution < -0.4 is 0 Å². The average Bonchev–Trinajstić information content (AvgIpc) is 2.31. The molecule has 0 saturated carbocycles. The lowest BCUT2D eigenvalue weighted by molar-refractivity contribution is 0.0110. The van der Waals surface area contributed by atoms with Crippen LogP contribution in [0.5, 0.6) is 5.75 Å². The number of pyridine rings is 1. The van der Waals surface area contributed by atoms with E-state index >= 15 is 0 Å². The van der Waals surface area contributed by atoms with Gasteiger partial charge in [-0.25, -0.2) is 4.98 Å². The molecule has 1 aromatic heterocycles. The number of aliphatic hydroxyl groups excluding tert-OH is 2. The smallest absolute Gasteiger partial charge is 0.139 e. The lowest BCUT2D eigenvalue weighted by Gasteiger charge is -2.17. The molecule has 17 heavy (non-hydrogen) atoms. The van der Waals surface area contributed by atoms with Crippen LogP contribution in [0.15, 0.2) is 21.9 Å². The molecular weight excluding hydrogens is 292 g/mol. The minimum absolute atomic E-state index is 0.0205. The van der Waals surface area contributed by atoms with Crippen LogP contribution in [0.1, 0.15) is 18.2 Å². The zero-order valence-electron chi connectivity index (χ0n) is 8.73. The SMILES string of the molecule is [N-]=[N+]=NCCC(O)C(O)c1nc(Br)ccc1O. The second-order valence-electron chi connectivity index (χ2n) is 3.29. The molecule has 0 saturated heterocycles. The van der Waals surface area contributed by atoms with Crippen LogP contribution in [0.4, 0.5) is 0 Å². The van der Waals surface area contributed by atoms with E-state index in [9.17, 15) is 15.3 Å². The Hall–Kier alpha value is -1.34. The van der Waals surface area contributed by atoms with Crippen LogP contribution in [0.2, 0.25) is 0 Å². The molecule has 7 nitrogen and oxygen atoms in total. The maximum atomic E-state index is 9.77. The number of aromatic nitrogens is 1. The number of azide groups is 1. The summed E-state index contributed by atoms with van der Waals surface area (Å²) in [7, 11) is 0. The fourth-order valence-corrected chi connectivity index (χ4v) is 1.56. The minimum atomic E-state index is -1.33. The number of halogens is 1. The van der Waals surface area contributed by atoms with Gasteiger partial charge in [0.25, 0.3) is 0 Å². The molecule has 0 aliphatic carbocycles. The van der Waals surface area contributed by atoms with E-state index in [-0.39, 0.29) is 24.4 Å². The summed E-state index contributed by atoms with van der Waals surface area (Å²) >= 11 is 3.10. The molecule has 0 aliphatic heterocycles. The summed E-state index contributed by atoms with van der Waals surface area (Å²) in [6.07, 6.45) is -2.41. The molecule has 92 valence electrons. The molecule has 0 bridgehead atoms. The minimum Gasteiger partial charge on any atom is -0.506 e. The lowest BCUT2D eigenvalue weighted by Crippen LogP contribution is -2.20. The Balaban J connectivity index is 2.76. The van der Waals surface area contributed by atoms with E-state index in [1.807, 2.05) is 0 Å². The Bertz CT molecular complexity index is 436. The molecule has 2 atom stereocenters. The van der Waals surface area contributed by atoms with Crippen molar-refractivity contribution in [2.45, 2.75) is 18.6 Å². The van der Waals surface area contributed by atoms with Gasteiger partial charge in [-0.15, -0.1) is 0 Å². The quantitative estimate of drug-likeness (QED) is 0.331. The molecule has 0 spiro atoms. The number of hydrogen-bond donors (Lipinski definition) is 3. The first-order valence-corrected chi connectivity index (χ1v) is 5.58. The number of aromatic hydroxyl groups is 1. The van der Waals surface area contributed by atoms with Crippen LogP contribution in [0.3, 0.4) is 0 Å². The van der Waals surface area contributed by atoms with Gasteiger partial charge in [0, 0.05) is 11.5 Å². The van der Waals surface area contributed by atoms with E-state index in [2.05, 4.69) is 30.9 Å². The average molecular weight is 303 g/mol. The van der Waals surface area contributed by atoms with E-state index < -0.39 is 12.2 Å². The summed E-state index contributed by atoms with van der Waals surface area (Å²) in [4.78, 5) is 6.41. The predicted molar refractivity (Wildman–Crippen MR) is 63.2 cm³/mol. The molecule has 0 radical (unpaired) electrons. The third kappa shape index (κ3) is 3.86. The highest BCUT2D eigenvalue weighted by atomic mass is 79.9. The van der Waals surface area contributed by atoms with Gasteiger partial charge in [0.1, 0.15) is 22.2 Å². The van der Waals surface area contributed by atoms with Gasteiger partial charge in [0.2, 0.25) is 0 Å². The van der Waals surface area contributed by atoms with Gasteiger partial charge in [-0.05, 0) is 40.0 Å². The third-order valence-electron chi connectivity index (χ3n) is 2.10. The van der Waals surface area contributed by atoms with Crippen LogP contribution >= 0.6 is 15.9 Å². The van der Waals surface area contributed by atoms with Crippen molar-refractivity contribution in [1.29, 1.82) is 0 Å². The number of nitrogens with zero attached hydrogens (tertiary/aromatic N) is 4. The van der Waals surface area contributed by atoms with Gasteiger partial charge in [0.05, 0.1) is 6.10 Å². The fraction of sp³-hybridized carbons (Fsp3) is 0.444. The zero-order chi connectivity index (χ0) is 12.8. The first-order chi connectivity index (χ1) is 8.06. The van der Waals surface area contributed by atoms with Crippen LogP contribution in [0.25, 0.3) is 10.4 Å². The Morgan fingerprint density at radius 2 is 2.18 bits per heavy atom. The first-order valence-electron chi connectivity index (χ1n) is 4.78. The highest BCUT2D eigenvalue weighted by Crippen LogP contribution is 2.27. The molecule has 1 aromatic rings. The Morgan fingerprint density at radius 3 is 2.82 bits per heavy atom. The van der Waals surface area contributed by atoms with Gasteiger partial charge < -0.3 is 15.3 Å². The normalized spacial score (nSPS) is 13.8. The van der Waals surface area contributed by atoms with E-state index in [1.54, 1.807) is 0 Å². The van der Waals surface area contributed by atoms with Crippen molar-refractivity contribution in [3.63, 3.8) is 0 Å². The standard InChI is InChI=1S/C9H11BrN4O3/c10-7-2-1-5(15)8(13-7)9(17)6(16)3-4-12-14-11/h1-2,6,9,15-17H,3-4H2. The van der Waals surface area contributed by atoms with Gasteiger partial charge in [-0.1, -0.05) is 5.11 Å². The van der Waals surface area contributed by atoms with E-state index in [1.165, 1.54) is 12.1 Å². The zero-order valence-corrected chi connectivity index (χ0v) is 10.3. The van der Waals surface area contributed by atoms with Crippen molar-refractivity contribution in [2.75, 3.05) is 6.54 Å². The van der Waals surface area contributed by atoms with Crippen molar-refractivity contribution >= 4 is 15.9 Å². The number of rotatable bonds is 5. The van der Waals surface area contributed by atoms with Crippen molar-refractivity contribution < 1.29 is 15.3 Å². The summed E-state index contributed by atoms with van der Waals surface area (Å²) in [5.41, 5.74) is 8.05. The molecule has 0 amide bonds. The fourth-order valence-electron chi connectivity index (χ4n) is 1.24. The number of aliphatic hydroxyl groups is 2. The van der Waals surface area contributed by atoms with Crippen molar-refractivity contribution in [3.8, 4) is 5.75 Å². The molecule has 1 rings (SSSR count). The predicted octanol–water partition coefficient (Wildman–Crippen LogP) is 1.64. The second kappa shape index (κ2) is 6.41. The summed E-state index contributed by atoms with van der Waals surface area (Å²) in [5, 5.41) is 32.1. The molecule has 0 aromatic carbocycles. The maximum Gasteiger partial charge on any atom is 0.139 e. The summed E-state index contributed by atoms with van der Waals surface area (Å²) < 4.78 is 0.437. The molecule has 3 N–H and O–H groups in total. The van der Waals surface area contributed by atoms with Crippen LogP contribution in [0, 0.1) is 0 Å². The molecule has 0 fully saturated rings. The molecular formula is C9H11BrN4O3. The molecule has 1 heterocycles. The maximum absolute atomic E-state index is 9.77. The van der Waals surface area contributed by atoms with Gasteiger partial charge in [-0.3, -0.25) is 0 Å². The summed E-state index contributed by atoms with van der Waals surface area (Å²) in [6.45, 7) is 0.0590. The lowest BCUT2D eigenvalue weighted by atomic mass is 10.1. The molecule has 8 heteroatoms. The number of hydrogen-bond acceptors (Lipinski definition) is 5. The highest BCUT2D eigenvalue weighted by Gasteiger charge is 2.22. The Labute approximate surface area is 105 Å². The topological polar surface area (TPSA) is 122 Å². The van der Waals surface area contributed by atoms with E-state index in [0.29, 0.717) is 4.60 Å². The van der Waals surface area contributed by atoms with Crippen LogP contribution in [-0.4, -0.2) is 33.0 Å². The largest absolute Gasteiger partial charge is 0.506 e. The van der Waals surface area contributed by atoms with E-state index in [4.69, 9.17) is 5.53 Å². The van der Waals surface area contributed by atoms with Gasteiger partial charge in [-0.2, -0.15) is 0 Å². The summed E-state index contributed by atoms with van der Waals surface area (Å²) in [6, 6.07) is 2.87. The van der Waals surface area contributed by atoms with Gasteiger partial charge in [0.15, 0.2) is 0 Å². The van der Waals surface area contributed by atoms with Gasteiger partial charge >= 0.3 is 0 Å². The Morgan fingerprint density at radius 1 is 1.47 bits per heavy atom. The van der Waals surface area contributed by atoms with Crippen molar-refractivity contribution in [3.05, 3.63) is 32.9 Å². The highest BCUT2D eigenvalue weighted by molar-refractivity contribution is 9.10.